The summed E-state index contributed by atoms with van der Waals surface area (Å²) in [4.78, 5) is 11.8. The van der Waals surface area contributed by atoms with Gasteiger partial charge in [-0.05, 0) is 12.0 Å². The molecule has 5 nitrogen and oxygen atoms in total. The molecule has 0 aliphatic carbocycles. The summed E-state index contributed by atoms with van der Waals surface area (Å²) in [6.45, 7) is 2.65. The number of rotatable bonds is 8. The average Bonchev–Trinajstić information content (AvgIpc) is 2.41. The molecule has 112 valence electrons. The first-order valence-corrected chi connectivity index (χ1v) is 8.54. The smallest absolute Gasteiger partial charge is 0.235 e. The minimum Gasteiger partial charge on any atom is -0.351 e. The van der Waals surface area contributed by atoms with Crippen LogP contribution in [0.15, 0.2) is 30.3 Å². The van der Waals surface area contributed by atoms with Crippen molar-refractivity contribution in [3.63, 3.8) is 0 Å². The Balaban J connectivity index is 2.50. The van der Waals surface area contributed by atoms with Gasteiger partial charge in [-0.25, -0.2) is 8.42 Å². The van der Waals surface area contributed by atoms with E-state index in [1.54, 1.807) is 0 Å². The molecule has 0 saturated heterocycles. The van der Waals surface area contributed by atoms with Crippen molar-refractivity contribution in [2.45, 2.75) is 26.3 Å². The summed E-state index contributed by atoms with van der Waals surface area (Å²) in [6.07, 6.45) is 2.77. The molecule has 1 N–H and O–H groups in total. The van der Waals surface area contributed by atoms with E-state index in [1.165, 1.54) is 4.31 Å². The largest absolute Gasteiger partial charge is 0.351 e. The Morgan fingerprint density at radius 1 is 1.25 bits per heavy atom. The molecule has 0 saturated carbocycles. The molecule has 0 bridgehead atoms. The maximum atomic E-state index is 11.8. The Morgan fingerprint density at radius 3 is 2.45 bits per heavy atom. The molecule has 0 fully saturated rings. The van der Waals surface area contributed by atoms with Gasteiger partial charge in [0.25, 0.3) is 0 Å². The highest BCUT2D eigenvalue weighted by Gasteiger charge is 2.19. The van der Waals surface area contributed by atoms with E-state index in [2.05, 4.69) is 5.32 Å². The highest BCUT2D eigenvalue weighted by molar-refractivity contribution is 7.88. The van der Waals surface area contributed by atoms with Crippen molar-refractivity contribution in [1.29, 1.82) is 0 Å². The van der Waals surface area contributed by atoms with Crippen molar-refractivity contribution < 1.29 is 13.2 Å². The summed E-state index contributed by atoms with van der Waals surface area (Å²) in [5, 5.41) is 2.73. The highest BCUT2D eigenvalue weighted by Crippen LogP contribution is 2.02. The van der Waals surface area contributed by atoms with Gasteiger partial charge in [0.1, 0.15) is 0 Å². The monoisotopic (exact) mass is 298 g/mol. The summed E-state index contributed by atoms with van der Waals surface area (Å²) >= 11 is 0. The van der Waals surface area contributed by atoms with Crippen LogP contribution >= 0.6 is 0 Å². The fourth-order valence-electron chi connectivity index (χ4n) is 1.71. The zero-order valence-corrected chi connectivity index (χ0v) is 12.8. The first kappa shape index (κ1) is 16.7. The van der Waals surface area contributed by atoms with Crippen molar-refractivity contribution in [2.24, 2.45) is 0 Å². The van der Waals surface area contributed by atoms with Crippen molar-refractivity contribution in [3.8, 4) is 0 Å². The second kappa shape index (κ2) is 8.01. The lowest BCUT2D eigenvalue weighted by Crippen LogP contribution is -2.40. The molecule has 0 aromatic heterocycles. The van der Waals surface area contributed by atoms with Gasteiger partial charge >= 0.3 is 0 Å². The Bertz CT molecular complexity index is 514. The number of amides is 1. The van der Waals surface area contributed by atoms with Crippen molar-refractivity contribution in [1.82, 2.24) is 9.62 Å². The molecule has 1 amide bonds. The van der Waals surface area contributed by atoms with E-state index in [0.29, 0.717) is 13.1 Å². The van der Waals surface area contributed by atoms with Gasteiger partial charge in [0.15, 0.2) is 0 Å². The van der Waals surface area contributed by atoms with Crippen LogP contribution in [0.25, 0.3) is 0 Å². The molecule has 1 rings (SSSR count). The van der Waals surface area contributed by atoms with Crippen LogP contribution in [0.1, 0.15) is 25.3 Å². The number of carbonyl (C=O) groups is 1. The van der Waals surface area contributed by atoms with Crippen LogP contribution in [-0.2, 0) is 21.4 Å². The van der Waals surface area contributed by atoms with E-state index in [0.717, 1.165) is 24.7 Å². The molecule has 0 spiro atoms. The molecule has 6 heteroatoms. The van der Waals surface area contributed by atoms with E-state index >= 15 is 0 Å². The standard InChI is InChI=1S/C14H22N2O3S/c1-3-4-10-16(20(2,18)19)12-14(17)15-11-13-8-6-5-7-9-13/h5-9H,3-4,10-12H2,1-2H3,(H,15,17). The van der Waals surface area contributed by atoms with Gasteiger partial charge in [-0.15, -0.1) is 0 Å². The number of carbonyl (C=O) groups excluding carboxylic acids is 1. The number of hydrogen-bond donors (Lipinski definition) is 1. The third-order valence-corrected chi connectivity index (χ3v) is 4.13. The first-order valence-electron chi connectivity index (χ1n) is 6.69. The van der Waals surface area contributed by atoms with Gasteiger partial charge < -0.3 is 5.32 Å². The van der Waals surface area contributed by atoms with E-state index < -0.39 is 10.0 Å². The normalized spacial score (nSPS) is 11.6. The third-order valence-electron chi connectivity index (χ3n) is 2.88. The Hall–Kier alpha value is -1.40. The highest BCUT2D eigenvalue weighted by atomic mass is 32.2. The molecular weight excluding hydrogens is 276 g/mol. The zero-order valence-electron chi connectivity index (χ0n) is 12.0. The topological polar surface area (TPSA) is 66.5 Å². The maximum absolute atomic E-state index is 11.8. The summed E-state index contributed by atoms with van der Waals surface area (Å²) < 4.78 is 24.4. The number of sulfonamides is 1. The molecule has 0 heterocycles. The van der Waals surface area contributed by atoms with Gasteiger partial charge in [-0.1, -0.05) is 43.7 Å². The minimum atomic E-state index is -3.34. The lowest BCUT2D eigenvalue weighted by molar-refractivity contribution is -0.121. The van der Waals surface area contributed by atoms with E-state index in [1.807, 2.05) is 37.3 Å². The SMILES string of the molecule is CCCCN(CC(=O)NCc1ccccc1)S(C)(=O)=O. The number of nitrogens with one attached hydrogen (secondary N) is 1. The molecule has 1 aromatic rings. The van der Waals surface area contributed by atoms with Gasteiger partial charge in [0.2, 0.25) is 15.9 Å². The number of nitrogens with zero attached hydrogens (tertiary/aromatic N) is 1. The Labute approximate surface area is 121 Å². The fourth-order valence-corrected chi connectivity index (χ4v) is 2.52. The van der Waals surface area contributed by atoms with Gasteiger partial charge in [0, 0.05) is 13.1 Å². The molecule has 0 radical (unpaired) electrons. The number of benzene rings is 1. The van der Waals surface area contributed by atoms with Gasteiger partial charge in [-0.3, -0.25) is 4.79 Å². The zero-order chi connectivity index (χ0) is 15.0. The fraction of sp³-hybridized carbons (Fsp3) is 0.500. The molecule has 20 heavy (non-hydrogen) atoms. The molecule has 0 atom stereocenters. The second-order valence-electron chi connectivity index (χ2n) is 4.71. The number of unbranched alkanes of at least 4 members (excludes halogenated alkanes) is 1. The molecular formula is C14H22N2O3S. The summed E-state index contributed by atoms with van der Waals surface area (Å²) in [6, 6.07) is 9.51. The van der Waals surface area contributed by atoms with Crippen LogP contribution < -0.4 is 5.32 Å². The van der Waals surface area contributed by atoms with Crippen LogP contribution in [0.3, 0.4) is 0 Å². The van der Waals surface area contributed by atoms with Crippen LogP contribution in [0.5, 0.6) is 0 Å². The molecule has 0 aliphatic heterocycles. The molecule has 1 aromatic carbocycles. The Morgan fingerprint density at radius 2 is 1.90 bits per heavy atom. The van der Waals surface area contributed by atoms with Gasteiger partial charge in [-0.2, -0.15) is 4.31 Å². The Kier molecular flexibility index (Phi) is 6.67. The molecule has 0 aliphatic rings. The van der Waals surface area contributed by atoms with E-state index in [4.69, 9.17) is 0 Å². The predicted octanol–water partition coefficient (Wildman–Crippen LogP) is 1.36. The van der Waals surface area contributed by atoms with Crippen molar-refractivity contribution in [2.75, 3.05) is 19.3 Å². The summed E-state index contributed by atoms with van der Waals surface area (Å²) in [5.41, 5.74) is 0.986. The van der Waals surface area contributed by atoms with Crippen LogP contribution in [0, 0.1) is 0 Å². The average molecular weight is 298 g/mol. The summed E-state index contributed by atoms with van der Waals surface area (Å²) in [5.74, 6) is -0.282. The summed E-state index contributed by atoms with van der Waals surface area (Å²) in [7, 11) is -3.34. The number of hydrogen-bond acceptors (Lipinski definition) is 3. The first-order chi connectivity index (χ1) is 9.43. The quantitative estimate of drug-likeness (QED) is 0.788. The second-order valence-corrected chi connectivity index (χ2v) is 6.69. The molecule has 0 unspecified atom stereocenters. The van der Waals surface area contributed by atoms with E-state index in [-0.39, 0.29) is 12.5 Å². The maximum Gasteiger partial charge on any atom is 0.235 e. The predicted molar refractivity (Wildman–Crippen MR) is 79.6 cm³/mol. The third kappa shape index (κ3) is 6.16. The van der Waals surface area contributed by atoms with Gasteiger partial charge in [0.05, 0.1) is 12.8 Å². The lowest BCUT2D eigenvalue weighted by Gasteiger charge is -2.19. The van der Waals surface area contributed by atoms with Crippen LogP contribution in [-0.4, -0.2) is 38.0 Å². The van der Waals surface area contributed by atoms with Crippen LogP contribution in [0.4, 0.5) is 0 Å². The lowest BCUT2D eigenvalue weighted by atomic mass is 10.2. The van der Waals surface area contributed by atoms with E-state index in [9.17, 15) is 13.2 Å². The van der Waals surface area contributed by atoms with Crippen molar-refractivity contribution in [3.05, 3.63) is 35.9 Å². The van der Waals surface area contributed by atoms with Crippen LogP contribution in [0.2, 0.25) is 0 Å². The minimum absolute atomic E-state index is 0.119. The van der Waals surface area contributed by atoms with Crippen molar-refractivity contribution >= 4 is 15.9 Å².